The van der Waals surface area contributed by atoms with Gasteiger partial charge in [0.1, 0.15) is 28.6 Å². The lowest BCUT2D eigenvalue weighted by atomic mass is 9.82. The zero-order valence-corrected chi connectivity index (χ0v) is 50.2. The Bertz CT molecular complexity index is 2000. The number of ether oxygens (including phenoxy) is 9. The summed E-state index contributed by atoms with van der Waals surface area (Å²) in [4.78, 5) is 76.3. The Kier molecular flexibility index (Phi) is 37.8. The highest BCUT2D eigenvalue weighted by Crippen LogP contribution is 2.34. The second kappa shape index (κ2) is 42.9. The van der Waals surface area contributed by atoms with E-state index in [4.69, 9.17) is 53.3 Å². The number of aliphatic carboxylic acids is 1. The van der Waals surface area contributed by atoms with Crippen LogP contribution in [0.2, 0.25) is 0 Å². The molecule has 1 aliphatic rings. The zero-order valence-electron chi connectivity index (χ0n) is 49.3. The molecule has 1 aromatic heterocycles. The smallest absolute Gasteiger partial charge is 0.326 e. The van der Waals surface area contributed by atoms with Gasteiger partial charge >= 0.3 is 5.97 Å². The number of rotatable bonds is 49. The van der Waals surface area contributed by atoms with Crippen molar-refractivity contribution >= 4 is 40.7 Å². The fourth-order valence-corrected chi connectivity index (χ4v) is 10.1. The summed E-state index contributed by atoms with van der Waals surface area (Å²) in [6, 6.07) is 5.47. The molecular weight excluding hydrogens is 1050 g/mol. The molecule has 1 aromatic carbocycles. The average molecular weight is 1150 g/mol. The van der Waals surface area contributed by atoms with E-state index in [2.05, 4.69) is 44.8 Å². The van der Waals surface area contributed by atoms with Crippen molar-refractivity contribution in [3.05, 3.63) is 51.5 Å². The SMILES string of the molecule is CCCO[C@H](C[C@H](C(C)C)N(CCC)C(=O)[C@@H](CC(=O)[C@H]1CCCCN1C)[C@@H](C)CC)c1nc(C(=O)N[C@@H](Cc2ccc(CC(=O)CCOCCOCCOCCOCCOCCOCCOCCOCCN)cc2)C(=O)O)cs1. The summed E-state index contributed by atoms with van der Waals surface area (Å²) in [6.07, 6.45) is 5.75. The molecule has 1 saturated heterocycles. The highest BCUT2D eigenvalue weighted by Gasteiger charge is 2.38. The molecule has 1 aliphatic heterocycles. The van der Waals surface area contributed by atoms with Gasteiger partial charge in [0.25, 0.3) is 5.91 Å². The Morgan fingerprint density at radius 1 is 0.750 bits per heavy atom. The molecule has 456 valence electrons. The topological polar surface area (TPSA) is 246 Å². The minimum absolute atomic E-state index is 0.00139. The number of amides is 2. The summed E-state index contributed by atoms with van der Waals surface area (Å²) in [7, 11) is 2.00. The minimum Gasteiger partial charge on any atom is -0.480 e. The Labute approximate surface area is 481 Å². The second-order valence-electron chi connectivity index (χ2n) is 20.7. The van der Waals surface area contributed by atoms with Gasteiger partial charge in [-0.15, -0.1) is 11.3 Å². The Balaban J connectivity index is 1.39. The van der Waals surface area contributed by atoms with E-state index in [0.717, 1.165) is 50.6 Å². The Morgan fingerprint density at radius 2 is 1.29 bits per heavy atom. The van der Waals surface area contributed by atoms with Gasteiger partial charge in [-0.25, -0.2) is 9.78 Å². The lowest BCUT2D eigenvalue weighted by Gasteiger charge is -2.40. The number of hydrogen-bond acceptors (Lipinski definition) is 18. The second-order valence-corrected chi connectivity index (χ2v) is 21.6. The lowest BCUT2D eigenvalue weighted by Crippen LogP contribution is -2.50. The number of nitrogens with two attached hydrogens (primary N) is 1. The van der Waals surface area contributed by atoms with E-state index in [0.29, 0.717) is 136 Å². The summed E-state index contributed by atoms with van der Waals surface area (Å²) in [5.74, 6) is -2.06. The molecule has 2 aromatic rings. The molecule has 2 amide bonds. The Hall–Kier alpha value is -3.84. The maximum atomic E-state index is 14.8. The van der Waals surface area contributed by atoms with Gasteiger partial charge in [-0.1, -0.05) is 78.6 Å². The van der Waals surface area contributed by atoms with Crippen molar-refractivity contribution in [2.24, 2.45) is 23.5 Å². The number of Topliss-reactive ketones (excluding diaryl/α,β-unsaturated/α-hetero) is 2. The van der Waals surface area contributed by atoms with E-state index >= 15 is 0 Å². The van der Waals surface area contributed by atoms with Crippen LogP contribution < -0.4 is 11.1 Å². The molecule has 0 bridgehead atoms. The van der Waals surface area contributed by atoms with Crippen LogP contribution in [-0.4, -0.2) is 206 Å². The highest BCUT2D eigenvalue weighted by molar-refractivity contribution is 7.09. The van der Waals surface area contributed by atoms with Gasteiger partial charge in [0.15, 0.2) is 5.78 Å². The maximum Gasteiger partial charge on any atom is 0.326 e. The molecule has 0 unspecified atom stereocenters. The van der Waals surface area contributed by atoms with Crippen molar-refractivity contribution < 1.29 is 71.7 Å². The van der Waals surface area contributed by atoms with Gasteiger partial charge < -0.3 is 63.7 Å². The third-order valence-electron chi connectivity index (χ3n) is 14.0. The fourth-order valence-electron chi connectivity index (χ4n) is 9.25. The van der Waals surface area contributed by atoms with E-state index in [-0.39, 0.29) is 79.4 Å². The summed E-state index contributed by atoms with van der Waals surface area (Å²) in [6.45, 7) is 21.9. The molecule has 4 N–H and O–H groups in total. The molecule has 0 spiro atoms. The van der Waals surface area contributed by atoms with Crippen molar-refractivity contribution in [1.29, 1.82) is 0 Å². The summed E-state index contributed by atoms with van der Waals surface area (Å²) < 4.78 is 50.1. The van der Waals surface area contributed by atoms with Gasteiger partial charge in [0.2, 0.25) is 5.91 Å². The molecule has 2 heterocycles. The van der Waals surface area contributed by atoms with Crippen LogP contribution in [0.5, 0.6) is 0 Å². The number of carboxylic acid groups (broad SMARTS) is 1. The monoisotopic (exact) mass is 1150 g/mol. The zero-order chi connectivity index (χ0) is 58.3. The molecule has 21 heteroatoms. The number of thiazole rings is 1. The predicted molar refractivity (Wildman–Crippen MR) is 307 cm³/mol. The lowest BCUT2D eigenvalue weighted by molar-refractivity contribution is -0.145. The van der Waals surface area contributed by atoms with Crippen molar-refractivity contribution in [2.75, 3.05) is 139 Å². The van der Waals surface area contributed by atoms with Crippen LogP contribution in [0.1, 0.15) is 132 Å². The third-order valence-corrected chi connectivity index (χ3v) is 14.9. The molecule has 1 fully saturated rings. The first-order valence-electron chi connectivity index (χ1n) is 29.3. The molecule has 20 nitrogen and oxygen atoms in total. The highest BCUT2D eigenvalue weighted by atomic mass is 32.1. The normalized spacial score (nSPS) is 15.8. The molecule has 3 rings (SSSR count). The van der Waals surface area contributed by atoms with E-state index in [1.54, 1.807) is 29.6 Å². The molecule has 0 radical (unpaired) electrons. The number of piperidine rings is 1. The van der Waals surface area contributed by atoms with Crippen LogP contribution in [0.15, 0.2) is 29.6 Å². The average Bonchev–Trinajstić information content (AvgIpc) is 3.96. The van der Waals surface area contributed by atoms with E-state index in [1.165, 1.54) is 11.3 Å². The van der Waals surface area contributed by atoms with Gasteiger partial charge in [-0.2, -0.15) is 0 Å². The van der Waals surface area contributed by atoms with Crippen LogP contribution in [-0.2, 0) is 74.7 Å². The van der Waals surface area contributed by atoms with E-state index in [1.807, 2.05) is 18.9 Å². The number of hydrogen-bond donors (Lipinski definition) is 3. The van der Waals surface area contributed by atoms with Crippen LogP contribution in [0.4, 0.5) is 0 Å². The number of nitrogens with one attached hydrogen (secondary N) is 1. The van der Waals surface area contributed by atoms with E-state index in [9.17, 15) is 29.1 Å². The number of benzene rings is 1. The van der Waals surface area contributed by atoms with Crippen LogP contribution >= 0.6 is 11.3 Å². The number of likely N-dealkylation sites (N-methyl/N-ethyl adjacent to an activating group) is 1. The standard InChI is InChI=1S/C59H99N5O15S/c1-8-20-64(58(68)49(45(6)10-3)41-54(66)52-13-11-12-21-63(52)7)53(44(4)5)42-55(79-22-9-2)57-62-51(43-80-57)56(67)61-50(59(69)70)40-47-16-14-46(15-17-47)39-48(65)18-23-71-25-27-73-29-31-75-33-35-77-37-38-78-36-34-76-32-30-74-28-26-72-24-19-60/h14-17,43-45,49-50,52-53,55H,8-13,18-42,60H2,1-7H3,(H,61,67)(H,69,70)/t45-,49-,50-,52+,53+,55+/m0/s1. The van der Waals surface area contributed by atoms with Gasteiger partial charge in [-0.05, 0) is 62.2 Å². The fraction of sp³-hybridized carbons (Fsp3) is 0.763. The third kappa shape index (κ3) is 28.4. The number of likely N-dealkylation sites (tertiary alicyclic amines) is 1. The molecule has 6 atom stereocenters. The number of carbonyl (C=O) groups excluding carboxylic acids is 4. The largest absolute Gasteiger partial charge is 0.480 e. The molecule has 0 saturated carbocycles. The van der Waals surface area contributed by atoms with Gasteiger partial charge in [-0.3, -0.25) is 24.1 Å². The quantitative estimate of drug-likeness (QED) is 0.0608. The minimum atomic E-state index is -1.24. The van der Waals surface area contributed by atoms with Gasteiger partial charge in [0, 0.05) is 69.1 Å². The maximum absolute atomic E-state index is 14.8. The number of nitrogens with zero attached hydrogens (tertiary/aromatic N) is 3. The first-order valence-corrected chi connectivity index (χ1v) is 30.2. The van der Waals surface area contributed by atoms with Crippen molar-refractivity contribution in [3.8, 4) is 0 Å². The first-order chi connectivity index (χ1) is 38.7. The molecule has 80 heavy (non-hydrogen) atoms. The number of ketones is 2. The molecular formula is C59H99N5O15S. The summed E-state index contributed by atoms with van der Waals surface area (Å²) >= 11 is 1.27. The van der Waals surface area contributed by atoms with Crippen molar-refractivity contribution in [2.45, 2.75) is 136 Å². The number of aromatic nitrogens is 1. The summed E-state index contributed by atoms with van der Waals surface area (Å²) in [5, 5.41) is 15.0. The Morgan fingerprint density at radius 3 is 1.77 bits per heavy atom. The number of carboxylic acids is 1. The van der Waals surface area contributed by atoms with Crippen LogP contribution in [0.25, 0.3) is 0 Å². The van der Waals surface area contributed by atoms with Gasteiger partial charge in [0.05, 0.1) is 112 Å². The summed E-state index contributed by atoms with van der Waals surface area (Å²) in [5.41, 5.74) is 6.89. The first kappa shape index (κ1) is 70.4. The van der Waals surface area contributed by atoms with Crippen LogP contribution in [0.3, 0.4) is 0 Å². The van der Waals surface area contributed by atoms with Crippen LogP contribution in [0, 0.1) is 17.8 Å². The van der Waals surface area contributed by atoms with E-state index < -0.39 is 29.9 Å². The molecule has 0 aliphatic carbocycles. The number of carbonyl (C=O) groups is 5. The van der Waals surface area contributed by atoms with Crippen molar-refractivity contribution in [3.63, 3.8) is 0 Å². The van der Waals surface area contributed by atoms with Crippen molar-refractivity contribution in [1.82, 2.24) is 20.1 Å². The predicted octanol–water partition coefficient (Wildman–Crippen LogP) is 6.39.